The molecule has 0 saturated carbocycles. The predicted octanol–water partition coefficient (Wildman–Crippen LogP) is 6.89. The third-order valence-corrected chi connectivity index (χ3v) is 8.94. The smallest absolute Gasteiger partial charge is 0.339 e. The van der Waals surface area contributed by atoms with Gasteiger partial charge in [-0.15, -0.1) is 13.2 Å². The summed E-state index contributed by atoms with van der Waals surface area (Å²) in [6.07, 6.45) is 4.21. The molecule has 0 heterocycles. The number of rotatable bonds is 12. The molecule has 6 nitrogen and oxygen atoms in total. The van der Waals surface area contributed by atoms with E-state index < -0.39 is 20.2 Å². The van der Waals surface area contributed by atoms with Crippen LogP contribution >= 0.6 is 0 Å². The molecule has 41 heavy (non-hydrogen) atoms. The van der Waals surface area contributed by atoms with E-state index in [0.717, 1.165) is 11.1 Å². The average Bonchev–Trinajstić information content (AvgIpc) is 2.93. The van der Waals surface area contributed by atoms with Gasteiger partial charge in [-0.05, 0) is 62.1 Å². The largest absolute Gasteiger partial charge is 0.378 e. The second-order valence-corrected chi connectivity index (χ2v) is 12.8. The maximum Gasteiger partial charge on any atom is 0.339 e. The Morgan fingerprint density at radius 2 is 0.902 bits per heavy atom. The van der Waals surface area contributed by atoms with Crippen molar-refractivity contribution in [3.63, 3.8) is 0 Å². The highest BCUT2D eigenvalue weighted by Gasteiger charge is 2.24. The van der Waals surface area contributed by atoms with Gasteiger partial charge in [0.1, 0.15) is 21.3 Å². The molecule has 0 saturated heterocycles. The molecule has 0 unspecified atom stereocenters. The van der Waals surface area contributed by atoms with Crippen LogP contribution in [0.25, 0.3) is 0 Å². The summed E-state index contributed by atoms with van der Waals surface area (Å²) in [7, 11) is -8.31. The SMILES string of the molecule is C=CCc1cccc(Cc2cccc(CC=C)c2OS(=O)(=O)c2ccc(C)cc2)c1OS(=O)(=O)c1ccc(C)cc1. The Morgan fingerprint density at radius 3 is 1.24 bits per heavy atom. The summed E-state index contributed by atoms with van der Waals surface area (Å²) in [5.41, 5.74) is 4.20. The van der Waals surface area contributed by atoms with Crippen molar-refractivity contribution in [3.05, 3.63) is 144 Å². The lowest BCUT2D eigenvalue weighted by Gasteiger charge is -2.18. The summed E-state index contributed by atoms with van der Waals surface area (Å²) in [5, 5.41) is 0. The maximum atomic E-state index is 13.3. The molecular weight excluding hydrogens is 556 g/mol. The van der Waals surface area contributed by atoms with E-state index in [2.05, 4.69) is 13.2 Å². The van der Waals surface area contributed by atoms with Crippen molar-refractivity contribution in [1.29, 1.82) is 0 Å². The zero-order valence-electron chi connectivity index (χ0n) is 23.0. The number of benzene rings is 4. The molecule has 0 atom stereocenters. The lowest BCUT2D eigenvalue weighted by Crippen LogP contribution is -2.14. The second kappa shape index (κ2) is 12.6. The number of allylic oxidation sites excluding steroid dienone is 2. The molecule has 0 spiro atoms. The highest BCUT2D eigenvalue weighted by Crippen LogP contribution is 2.35. The lowest BCUT2D eigenvalue weighted by atomic mass is 9.97. The maximum absolute atomic E-state index is 13.3. The molecular formula is C33H32O6S2. The zero-order valence-corrected chi connectivity index (χ0v) is 24.7. The van der Waals surface area contributed by atoms with Crippen LogP contribution in [0.15, 0.2) is 120 Å². The van der Waals surface area contributed by atoms with E-state index in [1.807, 2.05) is 13.8 Å². The van der Waals surface area contributed by atoms with E-state index in [-0.39, 0.29) is 27.7 Å². The zero-order chi connectivity index (χ0) is 29.6. The van der Waals surface area contributed by atoms with Gasteiger partial charge in [-0.1, -0.05) is 83.9 Å². The molecule has 0 aromatic heterocycles. The Balaban J connectivity index is 1.79. The summed E-state index contributed by atoms with van der Waals surface area (Å²) in [6, 6.07) is 23.5. The Labute approximate surface area is 242 Å². The first-order valence-corrected chi connectivity index (χ1v) is 15.8. The molecule has 4 rings (SSSR count). The van der Waals surface area contributed by atoms with Gasteiger partial charge in [0, 0.05) is 17.5 Å². The molecule has 0 amide bonds. The molecule has 8 heteroatoms. The Morgan fingerprint density at radius 1 is 0.561 bits per heavy atom. The third-order valence-electron chi connectivity index (χ3n) is 6.47. The van der Waals surface area contributed by atoms with Crippen LogP contribution in [-0.2, 0) is 39.5 Å². The van der Waals surface area contributed by atoms with Crippen LogP contribution in [0.4, 0.5) is 0 Å². The van der Waals surface area contributed by atoms with Crippen molar-refractivity contribution in [3.8, 4) is 11.5 Å². The molecule has 4 aromatic carbocycles. The lowest BCUT2D eigenvalue weighted by molar-refractivity contribution is 0.479. The van der Waals surface area contributed by atoms with Crippen LogP contribution in [0.1, 0.15) is 33.4 Å². The van der Waals surface area contributed by atoms with Crippen molar-refractivity contribution >= 4 is 20.2 Å². The first-order chi connectivity index (χ1) is 19.5. The first kappa shape index (κ1) is 29.8. The van der Waals surface area contributed by atoms with Crippen molar-refractivity contribution in [2.75, 3.05) is 0 Å². The van der Waals surface area contributed by atoms with E-state index in [9.17, 15) is 16.8 Å². The summed E-state index contributed by atoms with van der Waals surface area (Å²) < 4.78 is 64.7. The minimum Gasteiger partial charge on any atom is -0.378 e. The van der Waals surface area contributed by atoms with E-state index in [0.29, 0.717) is 35.1 Å². The fraction of sp³-hybridized carbons (Fsp3) is 0.152. The van der Waals surface area contributed by atoms with Crippen LogP contribution < -0.4 is 8.37 Å². The summed E-state index contributed by atoms with van der Waals surface area (Å²) in [5.74, 6) is 0.351. The van der Waals surface area contributed by atoms with Gasteiger partial charge in [0.15, 0.2) is 0 Å². The van der Waals surface area contributed by atoms with Crippen LogP contribution in [-0.4, -0.2) is 16.8 Å². The van der Waals surface area contributed by atoms with Gasteiger partial charge in [0.05, 0.1) is 0 Å². The molecule has 0 N–H and O–H groups in total. The second-order valence-electron chi connectivity index (χ2n) is 9.67. The summed E-state index contributed by atoms with van der Waals surface area (Å²) >= 11 is 0. The van der Waals surface area contributed by atoms with Gasteiger partial charge < -0.3 is 8.37 Å². The monoisotopic (exact) mass is 588 g/mol. The Bertz CT molecular complexity index is 1640. The fourth-order valence-electron chi connectivity index (χ4n) is 4.33. The van der Waals surface area contributed by atoms with Gasteiger partial charge in [-0.2, -0.15) is 16.8 Å². The average molecular weight is 589 g/mol. The first-order valence-electron chi connectivity index (χ1n) is 13.0. The third kappa shape index (κ3) is 7.14. The van der Waals surface area contributed by atoms with Crippen molar-refractivity contribution in [2.45, 2.75) is 42.9 Å². The van der Waals surface area contributed by atoms with Crippen LogP contribution in [0, 0.1) is 13.8 Å². The predicted molar refractivity (Wildman–Crippen MR) is 161 cm³/mol. The number of aryl methyl sites for hydroxylation is 2. The van der Waals surface area contributed by atoms with E-state index in [1.165, 1.54) is 24.3 Å². The molecule has 0 aliphatic rings. The van der Waals surface area contributed by atoms with E-state index >= 15 is 0 Å². The standard InChI is InChI=1S/C33H32O6S2/c1-5-9-26-11-7-13-28(32(26)38-40(34,35)30-19-15-24(3)16-20-30)23-29-14-8-12-27(10-6-2)33(29)39-41(36,37)31-21-17-25(4)18-22-31/h5-8,11-22H,1-2,9-10,23H2,3-4H3. The molecule has 4 aromatic rings. The van der Waals surface area contributed by atoms with Gasteiger partial charge in [0.25, 0.3) is 0 Å². The number of hydrogen-bond acceptors (Lipinski definition) is 6. The summed E-state index contributed by atoms with van der Waals surface area (Å²) in [4.78, 5) is 0.0623. The highest BCUT2D eigenvalue weighted by atomic mass is 32.2. The topological polar surface area (TPSA) is 86.7 Å². The number of para-hydroxylation sites is 2. The normalized spacial score (nSPS) is 11.6. The fourth-order valence-corrected chi connectivity index (χ4v) is 6.33. The molecule has 0 bridgehead atoms. The molecule has 0 aliphatic heterocycles. The molecule has 0 fully saturated rings. The quantitative estimate of drug-likeness (QED) is 0.132. The Kier molecular flexibility index (Phi) is 9.15. The van der Waals surface area contributed by atoms with Gasteiger partial charge in [-0.3, -0.25) is 0 Å². The van der Waals surface area contributed by atoms with Crippen LogP contribution in [0.5, 0.6) is 11.5 Å². The summed E-state index contributed by atoms with van der Waals surface area (Å²) in [6.45, 7) is 11.3. The van der Waals surface area contributed by atoms with Crippen molar-refractivity contribution < 1.29 is 25.2 Å². The van der Waals surface area contributed by atoms with E-state index in [4.69, 9.17) is 8.37 Å². The molecule has 0 aliphatic carbocycles. The van der Waals surface area contributed by atoms with Crippen LogP contribution in [0.2, 0.25) is 0 Å². The Hall–Kier alpha value is -4.14. The van der Waals surface area contributed by atoms with Gasteiger partial charge in [-0.25, -0.2) is 0 Å². The minimum atomic E-state index is -4.16. The molecule has 212 valence electrons. The van der Waals surface area contributed by atoms with Crippen LogP contribution in [0.3, 0.4) is 0 Å². The van der Waals surface area contributed by atoms with Crippen molar-refractivity contribution in [2.24, 2.45) is 0 Å². The molecule has 0 radical (unpaired) electrons. The minimum absolute atomic E-state index is 0.0312. The highest BCUT2D eigenvalue weighted by molar-refractivity contribution is 7.87. The number of hydrogen-bond donors (Lipinski definition) is 0. The van der Waals surface area contributed by atoms with Gasteiger partial charge >= 0.3 is 20.2 Å². The van der Waals surface area contributed by atoms with E-state index in [1.54, 1.807) is 72.8 Å². The van der Waals surface area contributed by atoms with Gasteiger partial charge in [0.2, 0.25) is 0 Å². The van der Waals surface area contributed by atoms with Crippen molar-refractivity contribution in [1.82, 2.24) is 0 Å².